The summed E-state index contributed by atoms with van der Waals surface area (Å²) in [6.45, 7) is 5.75. The Labute approximate surface area is 150 Å². The minimum Gasteiger partial charge on any atom is -0.393 e. The number of aliphatic hydroxyl groups excluding tert-OH is 3. The molecular formula is C21H32O4. The highest BCUT2D eigenvalue weighted by Crippen LogP contribution is 2.59. The third-order valence-electron chi connectivity index (χ3n) is 7.02. The van der Waals surface area contributed by atoms with E-state index in [0.29, 0.717) is 19.3 Å². The van der Waals surface area contributed by atoms with Gasteiger partial charge in [-0.05, 0) is 69.4 Å². The number of hydrogen-bond donors (Lipinski definition) is 4. The summed E-state index contributed by atoms with van der Waals surface area (Å²) in [6, 6.07) is 0. The predicted octanol–water partition coefficient (Wildman–Crippen LogP) is 2.62. The minimum absolute atomic E-state index is 0.126. The Bertz CT molecular complexity index is 617. The van der Waals surface area contributed by atoms with E-state index in [1.165, 1.54) is 11.1 Å². The Hall–Kier alpha value is -0.940. The Kier molecular flexibility index (Phi) is 5.02. The first-order valence-electron chi connectivity index (χ1n) is 9.52. The average Bonchev–Trinajstić information content (AvgIpc) is 2.80. The quantitative estimate of drug-likeness (QED) is 0.632. The molecule has 0 aliphatic heterocycles. The molecule has 0 heterocycles. The molecule has 0 amide bonds. The van der Waals surface area contributed by atoms with E-state index in [4.69, 9.17) is 0 Å². The largest absolute Gasteiger partial charge is 0.393 e. The second-order valence-electron chi connectivity index (χ2n) is 8.58. The Balaban J connectivity index is 1.89. The highest BCUT2D eigenvalue weighted by Gasteiger charge is 2.60. The maximum atomic E-state index is 11.1. The first-order valence-corrected chi connectivity index (χ1v) is 9.52. The number of allylic oxidation sites excluding steroid dienone is 4. The van der Waals surface area contributed by atoms with Gasteiger partial charge in [-0.25, -0.2) is 0 Å². The van der Waals surface area contributed by atoms with Gasteiger partial charge in [-0.2, -0.15) is 0 Å². The zero-order valence-electron chi connectivity index (χ0n) is 15.6. The van der Waals surface area contributed by atoms with E-state index in [2.05, 4.69) is 19.1 Å². The van der Waals surface area contributed by atoms with Crippen LogP contribution in [0.2, 0.25) is 0 Å². The smallest absolute Gasteiger partial charge is 0.0962 e. The molecule has 6 atom stereocenters. The van der Waals surface area contributed by atoms with Crippen molar-refractivity contribution >= 4 is 0 Å². The molecule has 0 bridgehead atoms. The van der Waals surface area contributed by atoms with Crippen molar-refractivity contribution in [1.82, 2.24) is 0 Å². The SMILES string of the molecule is CC1=C(C=CC2=C[C@H](O)C[C@@]3(C)[C@H]2CC[C@]3(O)[C@@H](C)O)C[C@@H](O)CC1. The summed E-state index contributed by atoms with van der Waals surface area (Å²) in [5.41, 5.74) is 1.82. The zero-order valence-corrected chi connectivity index (χ0v) is 15.6. The molecule has 4 heteroatoms. The molecule has 0 aromatic carbocycles. The van der Waals surface area contributed by atoms with Crippen molar-refractivity contribution in [3.63, 3.8) is 0 Å². The van der Waals surface area contributed by atoms with Crippen LogP contribution >= 0.6 is 0 Å². The second-order valence-corrected chi connectivity index (χ2v) is 8.58. The summed E-state index contributed by atoms with van der Waals surface area (Å²) < 4.78 is 0. The zero-order chi connectivity index (χ0) is 18.4. The molecule has 1 saturated carbocycles. The summed E-state index contributed by atoms with van der Waals surface area (Å²) in [6.07, 6.45) is 8.56. The van der Waals surface area contributed by atoms with Gasteiger partial charge in [-0.1, -0.05) is 30.7 Å². The number of fused-ring (bicyclic) bond motifs is 1. The molecule has 0 aromatic rings. The van der Waals surface area contributed by atoms with E-state index in [1.54, 1.807) is 6.92 Å². The molecule has 0 radical (unpaired) electrons. The van der Waals surface area contributed by atoms with Crippen LogP contribution in [0.1, 0.15) is 59.3 Å². The van der Waals surface area contributed by atoms with Crippen molar-refractivity contribution in [3.8, 4) is 0 Å². The van der Waals surface area contributed by atoms with Gasteiger partial charge in [0.1, 0.15) is 0 Å². The maximum absolute atomic E-state index is 11.1. The summed E-state index contributed by atoms with van der Waals surface area (Å²) in [4.78, 5) is 0. The van der Waals surface area contributed by atoms with Gasteiger partial charge in [0.15, 0.2) is 0 Å². The highest BCUT2D eigenvalue weighted by molar-refractivity contribution is 5.38. The van der Waals surface area contributed by atoms with Crippen molar-refractivity contribution in [1.29, 1.82) is 0 Å². The lowest BCUT2D eigenvalue weighted by molar-refractivity contribution is -0.148. The van der Waals surface area contributed by atoms with Crippen LogP contribution < -0.4 is 0 Å². The van der Waals surface area contributed by atoms with Crippen molar-refractivity contribution in [2.24, 2.45) is 11.3 Å². The Morgan fingerprint density at radius 2 is 1.96 bits per heavy atom. The van der Waals surface area contributed by atoms with Crippen LogP contribution in [0.25, 0.3) is 0 Å². The van der Waals surface area contributed by atoms with Crippen LogP contribution in [0.4, 0.5) is 0 Å². The standard InChI is InChI=1S/C21H32O4/c1-13-4-7-17(23)10-15(13)5-6-16-11-18(24)12-20(3)19(16)8-9-21(20,25)14(2)22/h5-6,11,14,17-19,22-25H,4,7-10,12H2,1-3H3/t14-,17+,18+,19+,20+,21+/m1/s1. The molecule has 3 aliphatic rings. The van der Waals surface area contributed by atoms with Gasteiger partial charge in [0, 0.05) is 5.41 Å². The fraction of sp³-hybridized carbons (Fsp3) is 0.714. The van der Waals surface area contributed by atoms with Gasteiger partial charge in [0.25, 0.3) is 0 Å². The van der Waals surface area contributed by atoms with E-state index in [-0.39, 0.29) is 12.0 Å². The molecule has 0 spiro atoms. The molecule has 0 saturated heterocycles. The molecule has 1 fully saturated rings. The van der Waals surface area contributed by atoms with Gasteiger partial charge in [0.05, 0.1) is 23.9 Å². The average molecular weight is 348 g/mol. The van der Waals surface area contributed by atoms with E-state index in [1.807, 2.05) is 13.0 Å². The third kappa shape index (κ3) is 3.14. The first-order chi connectivity index (χ1) is 11.7. The molecule has 3 rings (SSSR count). The van der Waals surface area contributed by atoms with Gasteiger partial charge in [0.2, 0.25) is 0 Å². The van der Waals surface area contributed by atoms with Gasteiger partial charge >= 0.3 is 0 Å². The Morgan fingerprint density at radius 3 is 2.64 bits per heavy atom. The number of hydrogen-bond acceptors (Lipinski definition) is 4. The van der Waals surface area contributed by atoms with Gasteiger partial charge < -0.3 is 20.4 Å². The number of aliphatic hydroxyl groups is 4. The molecule has 3 aliphatic carbocycles. The molecular weight excluding hydrogens is 316 g/mol. The highest BCUT2D eigenvalue weighted by atomic mass is 16.3. The fourth-order valence-corrected chi connectivity index (χ4v) is 5.29. The lowest BCUT2D eigenvalue weighted by Gasteiger charge is -2.48. The molecule has 25 heavy (non-hydrogen) atoms. The van der Waals surface area contributed by atoms with E-state index in [0.717, 1.165) is 24.8 Å². The normalized spacial score (nSPS) is 43.3. The minimum atomic E-state index is -1.16. The molecule has 0 unspecified atom stereocenters. The van der Waals surface area contributed by atoms with E-state index in [9.17, 15) is 20.4 Å². The van der Waals surface area contributed by atoms with Crippen molar-refractivity contribution in [2.45, 2.75) is 83.2 Å². The summed E-state index contributed by atoms with van der Waals surface area (Å²) in [7, 11) is 0. The molecule has 4 nitrogen and oxygen atoms in total. The second kappa shape index (κ2) is 6.66. The van der Waals surface area contributed by atoms with Crippen molar-refractivity contribution < 1.29 is 20.4 Å². The summed E-state index contributed by atoms with van der Waals surface area (Å²) in [5, 5.41) is 41.6. The van der Waals surface area contributed by atoms with Crippen molar-refractivity contribution in [2.75, 3.05) is 0 Å². The lowest BCUT2D eigenvalue weighted by Crippen LogP contribution is -2.54. The fourth-order valence-electron chi connectivity index (χ4n) is 5.29. The first kappa shape index (κ1) is 18.8. The van der Waals surface area contributed by atoms with Crippen LogP contribution in [-0.2, 0) is 0 Å². The van der Waals surface area contributed by atoms with Gasteiger partial charge in [-0.15, -0.1) is 0 Å². The monoisotopic (exact) mass is 348 g/mol. The molecule has 140 valence electrons. The third-order valence-corrected chi connectivity index (χ3v) is 7.02. The van der Waals surface area contributed by atoms with Crippen molar-refractivity contribution in [3.05, 3.63) is 34.9 Å². The Morgan fingerprint density at radius 1 is 1.24 bits per heavy atom. The summed E-state index contributed by atoms with van der Waals surface area (Å²) in [5.74, 6) is 0.126. The van der Waals surface area contributed by atoms with Crippen LogP contribution in [-0.4, -0.2) is 44.3 Å². The predicted molar refractivity (Wildman–Crippen MR) is 97.9 cm³/mol. The van der Waals surface area contributed by atoms with Gasteiger partial charge in [-0.3, -0.25) is 0 Å². The van der Waals surface area contributed by atoms with E-state index < -0.39 is 23.2 Å². The maximum Gasteiger partial charge on any atom is 0.0962 e. The van der Waals surface area contributed by atoms with Crippen LogP contribution in [0.5, 0.6) is 0 Å². The topological polar surface area (TPSA) is 80.9 Å². The number of rotatable bonds is 3. The summed E-state index contributed by atoms with van der Waals surface area (Å²) >= 11 is 0. The molecule has 4 N–H and O–H groups in total. The van der Waals surface area contributed by atoms with Crippen LogP contribution in [0, 0.1) is 11.3 Å². The van der Waals surface area contributed by atoms with Crippen LogP contribution in [0.15, 0.2) is 34.9 Å². The molecule has 0 aromatic heterocycles. The van der Waals surface area contributed by atoms with Crippen LogP contribution in [0.3, 0.4) is 0 Å². The lowest BCUT2D eigenvalue weighted by atomic mass is 9.61. The van der Waals surface area contributed by atoms with E-state index >= 15 is 0 Å².